The Hall–Kier alpha value is -3.75. The Kier molecular flexibility index (Phi) is 25.9. The quantitative estimate of drug-likeness (QED) is 0.0672. The van der Waals surface area contributed by atoms with Crippen molar-refractivity contribution in [2.75, 3.05) is 39.5 Å². The molecular weight excluding hydrogens is 680 g/mol. The lowest BCUT2D eigenvalue weighted by atomic mass is 10.1. The number of halogens is 1. The van der Waals surface area contributed by atoms with Crippen LogP contribution in [0.1, 0.15) is 47.1 Å². The number of aliphatic carboxylic acids is 2. The summed E-state index contributed by atoms with van der Waals surface area (Å²) in [4.78, 5) is 19.1. The minimum absolute atomic E-state index is 0. The summed E-state index contributed by atoms with van der Waals surface area (Å²) in [6.45, 7) is 15.6. The lowest BCUT2D eigenvalue weighted by Gasteiger charge is -2.15. The lowest BCUT2D eigenvalue weighted by Crippen LogP contribution is -2.35. The molecule has 2 atom stereocenters. The van der Waals surface area contributed by atoms with Crippen molar-refractivity contribution >= 4 is 35.1 Å². The first-order valence-electron chi connectivity index (χ1n) is 16.7. The van der Waals surface area contributed by atoms with Crippen molar-refractivity contribution < 1.29 is 49.0 Å². The Balaban J connectivity index is 0.000000805. The predicted molar refractivity (Wildman–Crippen MR) is 202 cm³/mol. The highest BCUT2D eigenvalue weighted by Gasteiger charge is 2.08. The summed E-state index contributed by atoms with van der Waals surface area (Å²) < 4.78 is 22.3. The molecule has 6 N–H and O–H groups in total. The van der Waals surface area contributed by atoms with Gasteiger partial charge in [-0.05, 0) is 43.0 Å². The molecule has 51 heavy (non-hydrogen) atoms. The lowest BCUT2D eigenvalue weighted by molar-refractivity contribution is -0.134. The summed E-state index contributed by atoms with van der Waals surface area (Å²) in [5, 5.41) is 43.9. The number of carbonyl (C=O) groups is 2. The molecule has 0 saturated carbocycles. The molecule has 0 aromatic heterocycles. The van der Waals surface area contributed by atoms with Crippen molar-refractivity contribution in [2.24, 2.45) is 0 Å². The molecular formula is C38H57ClN2O10. The summed E-state index contributed by atoms with van der Waals surface area (Å²) >= 11 is 0. The number of nitrogens with one attached hydrogen (secondary N) is 2. The molecule has 0 fully saturated rings. The maximum atomic E-state index is 9.84. The molecule has 0 saturated heterocycles. The van der Waals surface area contributed by atoms with Gasteiger partial charge in [-0.3, -0.25) is 0 Å². The molecule has 2 unspecified atom stereocenters. The van der Waals surface area contributed by atoms with E-state index in [1.54, 1.807) is 0 Å². The molecule has 286 valence electrons. The average Bonchev–Trinajstić information content (AvgIpc) is 3.07. The van der Waals surface area contributed by atoms with Gasteiger partial charge in [-0.25, -0.2) is 9.59 Å². The minimum Gasteiger partial charge on any atom is -0.491 e. The van der Waals surface area contributed by atoms with E-state index in [9.17, 15) is 19.8 Å². The molecule has 3 aromatic rings. The molecule has 0 bridgehead atoms. The van der Waals surface area contributed by atoms with E-state index in [1.807, 2.05) is 82.3 Å². The van der Waals surface area contributed by atoms with Gasteiger partial charge in [0.2, 0.25) is 0 Å². The Morgan fingerprint density at radius 2 is 1.24 bits per heavy atom. The van der Waals surface area contributed by atoms with Crippen molar-refractivity contribution in [1.29, 1.82) is 0 Å². The van der Waals surface area contributed by atoms with E-state index in [-0.39, 0.29) is 25.1 Å². The van der Waals surface area contributed by atoms with Gasteiger partial charge in [0.05, 0.1) is 25.9 Å². The van der Waals surface area contributed by atoms with Crippen LogP contribution in [0.2, 0.25) is 0 Å². The first-order chi connectivity index (χ1) is 23.8. The second-order valence-corrected chi connectivity index (χ2v) is 12.2. The smallest absolute Gasteiger partial charge is 0.328 e. The largest absolute Gasteiger partial charge is 0.491 e. The van der Waals surface area contributed by atoms with Crippen LogP contribution in [0.15, 0.2) is 78.9 Å². The minimum atomic E-state index is -1.26. The SMILES string of the molecule is CC(C)NCC(O)COc1ccc(COCCOC(C)C)cc1.CC(C)NCC(O)COc1cccc2ccccc12.Cl.O=C(O)/C=C/C(=O)O. The highest BCUT2D eigenvalue weighted by atomic mass is 35.5. The van der Waals surface area contributed by atoms with Crippen molar-refractivity contribution in [2.45, 2.75) is 78.5 Å². The summed E-state index contributed by atoms with van der Waals surface area (Å²) in [5.41, 5.74) is 1.09. The number of benzene rings is 3. The topological polar surface area (TPSA) is 176 Å². The van der Waals surface area contributed by atoms with E-state index in [0.29, 0.717) is 63.8 Å². The van der Waals surface area contributed by atoms with Crippen molar-refractivity contribution in [3.05, 3.63) is 84.4 Å². The van der Waals surface area contributed by atoms with Crippen LogP contribution in [-0.4, -0.2) is 102 Å². The van der Waals surface area contributed by atoms with Crippen LogP contribution in [0, 0.1) is 0 Å². The van der Waals surface area contributed by atoms with Crippen molar-refractivity contribution in [3.8, 4) is 11.5 Å². The number of hydrogen-bond acceptors (Lipinski definition) is 10. The van der Waals surface area contributed by atoms with Crippen molar-refractivity contribution in [1.82, 2.24) is 10.6 Å². The molecule has 12 nitrogen and oxygen atoms in total. The van der Waals surface area contributed by atoms with E-state index in [2.05, 4.69) is 36.6 Å². The van der Waals surface area contributed by atoms with Crippen LogP contribution < -0.4 is 20.1 Å². The predicted octanol–water partition coefficient (Wildman–Crippen LogP) is 5.08. The first-order valence-corrected chi connectivity index (χ1v) is 16.7. The first kappa shape index (κ1) is 47.2. The van der Waals surface area contributed by atoms with Gasteiger partial charge in [-0.1, -0.05) is 76.2 Å². The third kappa shape index (κ3) is 24.9. The average molecular weight is 737 g/mol. The van der Waals surface area contributed by atoms with Crippen molar-refractivity contribution in [3.63, 3.8) is 0 Å². The Morgan fingerprint density at radius 3 is 1.76 bits per heavy atom. The molecule has 0 radical (unpaired) electrons. The number of carboxylic acids is 2. The fourth-order valence-electron chi connectivity index (χ4n) is 3.92. The second-order valence-electron chi connectivity index (χ2n) is 12.2. The number of ether oxygens (including phenoxy) is 4. The van der Waals surface area contributed by atoms with Gasteiger partial charge in [0, 0.05) is 42.7 Å². The van der Waals surface area contributed by atoms with E-state index >= 15 is 0 Å². The summed E-state index contributed by atoms with van der Waals surface area (Å²) in [5.74, 6) is -0.943. The summed E-state index contributed by atoms with van der Waals surface area (Å²) in [6, 6.07) is 22.5. The third-order valence-electron chi connectivity index (χ3n) is 6.39. The maximum Gasteiger partial charge on any atom is 0.328 e. The Morgan fingerprint density at radius 1 is 0.706 bits per heavy atom. The zero-order valence-electron chi connectivity index (χ0n) is 30.5. The molecule has 13 heteroatoms. The van der Waals surface area contributed by atoms with E-state index in [4.69, 9.17) is 29.2 Å². The zero-order valence-corrected chi connectivity index (χ0v) is 31.3. The third-order valence-corrected chi connectivity index (χ3v) is 6.39. The Bertz CT molecular complexity index is 1370. The molecule has 0 heterocycles. The van der Waals surface area contributed by atoms with Gasteiger partial charge in [0.1, 0.15) is 36.9 Å². The molecule has 3 aromatic carbocycles. The normalized spacial score (nSPS) is 12.1. The standard InChI is InChI=1S/C18H31NO4.C16H21NO2.C4H4O4.ClH/c1-14(2)19-11-17(20)13-23-18-7-5-16(6-8-18)12-21-9-10-22-15(3)4;1-12(2)17-10-14(18)11-19-16-9-5-7-13-6-3-4-8-15(13)16;5-3(6)1-2-4(7)8;/h5-8,14-15,17,19-20H,9-13H2,1-4H3;3-9,12,14,17-18H,10-11H2,1-2H3;1-2H,(H,5,6)(H,7,8);1H/b;;2-1+;. The van der Waals surface area contributed by atoms with Gasteiger partial charge >= 0.3 is 11.9 Å². The van der Waals surface area contributed by atoms with Crippen LogP contribution in [0.5, 0.6) is 11.5 Å². The van der Waals surface area contributed by atoms with E-state index in [0.717, 1.165) is 27.8 Å². The number of hydrogen-bond donors (Lipinski definition) is 6. The molecule has 0 spiro atoms. The van der Waals surface area contributed by atoms with Crippen LogP contribution in [0.4, 0.5) is 0 Å². The summed E-state index contributed by atoms with van der Waals surface area (Å²) in [6.07, 6.45) is 0.342. The van der Waals surface area contributed by atoms with E-state index < -0.39 is 24.1 Å². The van der Waals surface area contributed by atoms with Crippen LogP contribution in [-0.2, 0) is 25.7 Å². The number of aliphatic hydroxyl groups is 2. The van der Waals surface area contributed by atoms with Gasteiger partial charge in [-0.15, -0.1) is 12.4 Å². The van der Waals surface area contributed by atoms with E-state index in [1.165, 1.54) is 0 Å². The maximum absolute atomic E-state index is 9.84. The number of fused-ring (bicyclic) bond motifs is 1. The molecule has 0 aliphatic heterocycles. The highest BCUT2D eigenvalue weighted by Crippen LogP contribution is 2.25. The number of carboxylic acid groups (broad SMARTS) is 2. The molecule has 3 rings (SSSR count). The van der Waals surface area contributed by atoms with Gasteiger partial charge in [0.25, 0.3) is 0 Å². The molecule has 0 aliphatic carbocycles. The second kappa shape index (κ2) is 27.9. The highest BCUT2D eigenvalue weighted by molar-refractivity contribution is 5.89. The summed E-state index contributed by atoms with van der Waals surface area (Å²) in [7, 11) is 0. The fraction of sp³-hybridized carbons (Fsp3) is 0.474. The monoisotopic (exact) mass is 736 g/mol. The molecule has 0 aliphatic rings. The van der Waals surface area contributed by atoms with Gasteiger partial charge in [-0.2, -0.15) is 0 Å². The van der Waals surface area contributed by atoms with Gasteiger partial charge in [0.15, 0.2) is 0 Å². The van der Waals surface area contributed by atoms with Crippen LogP contribution in [0.3, 0.4) is 0 Å². The Labute approximate surface area is 308 Å². The van der Waals surface area contributed by atoms with Crippen LogP contribution in [0.25, 0.3) is 10.8 Å². The van der Waals surface area contributed by atoms with Gasteiger partial charge < -0.3 is 50.0 Å². The van der Waals surface area contributed by atoms with Crippen LogP contribution >= 0.6 is 12.4 Å². The number of aliphatic hydroxyl groups excluding tert-OH is 2. The number of rotatable bonds is 20. The zero-order chi connectivity index (χ0) is 37.3. The fourth-order valence-corrected chi connectivity index (χ4v) is 3.92. The molecule has 0 amide bonds.